The number of benzene rings is 1. The van der Waals surface area contributed by atoms with Crippen LogP contribution in [0.4, 0.5) is 5.69 Å². The maximum atomic E-state index is 5.79. The third-order valence-electron chi connectivity index (χ3n) is 5.20. The number of rotatable bonds is 10. The summed E-state index contributed by atoms with van der Waals surface area (Å²) in [5.41, 5.74) is 0.968. The maximum absolute atomic E-state index is 5.79. The van der Waals surface area contributed by atoms with Crippen molar-refractivity contribution in [3.05, 3.63) is 46.7 Å². The van der Waals surface area contributed by atoms with Crippen LogP contribution in [0, 0.1) is 5.92 Å². The number of aliphatic imine (C=N–C) groups is 1. The van der Waals surface area contributed by atoms with Crippen LogP contribution in [0.1, 0.15) is 24.1 Å². The first-order chi connectivity index (χ1) is 14.8. The Labute approximate surface area is 184 Å². The molecular formula is C23H34N4O2S. The number of likely N-dealkylation sites (tertiary alicyclic amines) is 1. The highest BCUT2D eigenvalue weighted by atomic mass is 32.1. The van der Waals surface area contributed by atoms with E-state index in [0.717, 1.165) is 43.5 Å². The smallest absolute Gasteiger partial charge is 0.195 e. The van der Waals surface area contributed by atoms with E-state index in [1.54, 1.807) is 7.11 Å². The third kappa shape index (κ3) is 7.63. The van der Waals surface area contributed by atoms with Gasteiger partial charge in [0.05, 0.1) is 6.61 Å². The van der Waals surface area contributed by atoms with Gasteiger partial charge in [-0.2, -0.15) is 0 Å². The predicted octanol–water partition coefficient (Wildman–Crippen LogP) is 4.06. The first kappa shape index (κ1) is 22.6. The highest BCUT2D eigenvalue weighted by molar-refractivity contribution is 7.09. The molecule has 0 saturated carbocycles. The van der Waals surface area contributed by atoms with E-state index in [1.807, 2.05) is 42.6 Å². The topological polar surface area (TPSA) is 58.1 Å². The van der Waals surface area contributed by atoms with Gasteiger partial charge in [0.2, 0.25) is 0 Å². The number of ether oxygens (including phenoxy) is 2. The highest BCUT2D eigenvalue weighted by Crippen LogP contribution is 2.20. The minimum atomic E-state index is 0.632. The SMILES string of the molecule is CN=C(NCC1CCCN(Cc2cccs2)C1)Nc1cccc(OCCCOC)c1. The number of guanidine groups is 1. The molecule has 1 saturated heterocycles. The van der Waals surface area contributed by atoms with Gasteiger partial charge in [-0.15, -0.1) is 11.3 Å². The fourth-order valence-electron chi connectivity index (χ4n) is 3.70. The largest absolute Gasteiger partial charge is 0.493 e. The van der Waals surface area contributed by atoms with Crippen LogP contribution >= 0.6 is 11.3 Å². The van der Waals surface area contributed by atoms with E-state index in [0.29, 0.717) is 19.1 Å². The fraction of sp³-hybridized carbons (Fsp3) is 0.522. The molecule has 1 unspecified atom stereocenters. The lowest BCUT2D eigenvalue weighted by atomic mass is 9.98. The van der Waals surface area contributed by atoms with Crippen molar-refractivity contribution < 1.29 is 9.47 Å². The summed E-state index contributed by atoms with van der Waals surface area (Å²) in [5.74, 6) is 2.28. The molecule has 30 heavy (non-hydrogen) atoms. The third-order valence-corrected chi connectivity index (χ3v) is 6.06. The van der Waals surface area contributed by atoms with Crippen LogP contribution < -0.4 is 15.4 Å². The molecule has 1 aliphatic rings. The Kier molecular flexibility index (Phi) is 9.47. The molecule has 1 fully saturated rings. The average molecular weight is 431 g/mol. The number of thiophene rings is 1. The summed E-state index contributed by atoms with van der Waals surface area (Å²) < 4.78 is 10.9. The lowest BCUT2D eigenvalue weighted by molar-refractivity contribution is 0.170. The predicted molar refractivity (Wildman–Crippen MR) is 126 cm³/mol. The van der Waals surface area contributed by atoms with Crippen molar-refractivity contribution in [3.8, 4) is 5.75 Å². The van der Waals surface area contributed by atoms with E-state index in [9.17, 15) is 0 Å². The van der Waals surface area contributed by atoms with Crippen molar-refractivity contribution in [1.29, 1.82) is 0 Å². The minimum absolute atomic E-state index is 0.632. The summed E-state index contributed by atoms with van der Waals surface area (Å²) in [4.78, 5) is 8.41. The second kappa shape index (κ2) is 12.6. The summed E-state index contributed by atoms with van der Waals surface area (Å²) in [5, 5.41) is 9.04. The quantitative estimate of drug-likeness (QED) is 0.338. The van der Waals surface area contributed by atoms with Gasteiger partial charge in [0.15, 0.2) is 5.96 Å². The van der Waals surface area contributed by atoms with E-state index in [4.69, 9.17) is 9.47 Å². The molecule has 2 aromatic rings. The molecule has 3 rings (SSSR count). The van der Waals surface area contributed by atoms with Crippen LogP contribution in [0.25, 0.3) is 0 Å². The van der Waals surface area contributed by atoms with Crippen molar-refractivity contribution in [2.75, 3.05) is 52.3 Å². The van der Waals surface area contributed by atoms with Crippen LogP contribution in [0.2, 0.25) is 0 Å². The fourth-order valence-corrected chi connectivity index (χ4v) is 4.44. The number of anilines is 1. The summed E-state index contributed by atoms with van der Waals surface area (Å²) in [6, 6.07) is 12.4. The van der Waals surface area contributed by atoms with E-state index in [2.05, 4.69) is 38.0 Å². The molecule has 0 amide bonds. The van der Waals surface area contributed by atoms with Crippen molar-refractivity contribution in [1.82, 2.24) is 10.2 Å². The highest BCUT2D eigenvalue weighted by Gasteiger charge is 2.20. The molecule has 2 N–H and O–H groups in total. The van der Waals surface area contributed by atoms with Gasteiger partial charge in [0, 0.05) is 63.5 Å². The van der Waals surface area contributed by atoms with E-state index in [1.165, 1.54) is 24.3 Å². The van der Waals surface area contributed by atoms with E-state index < -0.39 is 0 Å². The van der Waals surface area contributed by atoms with E-state index in [-0.39, 0.29) is 0 Å². The summed E-state index contributed by atoms with van der Waals surface area (Å²) in [7, 11) is 3.52. The van der Waals surface area contributed by atoms with Crippen LogP contribution in [0.5, 0.6) is 5.75 Å². The Morgan fingerprint density at radius 2 is 2.20 bits per heavy atom. The normalized spacial score (nSPS) is 17.7. The number of piperidine rings is 1. The molecule has 2 heterocycles. The van der Waals surface area contributed by atoms with Gasteiger partial charge in [0.1, 0.15) is 5.75 Å². The summed E-state index contributed by atoms with van der Waals surface area (Å²) in [6.07, 6.45) is 3.39. The van der Waals surface area contributed by atoms with Gasteiger partial charge >= 0.3 is 0 Å². The molecule has 6 nitrogen and oxygen atoms in total. The Bertz CT molecular complexity index is 766. The zero-order valence-corrected chi connectivity index (χ0v) is 18.9. The van der Waals surface area contributed by atoms with Gasteiger partial charge in [-0.05, 0) is 48.9 Å². The maximum Gasteiger partial charge on any atom is 0.195 e. The molecule has 7 heteroatoms. The monoisotopic (exact) mass is 430 g/mol. The number of nitrogens with zero attached hydrogens (tertiary/aromatic N) is 2. The molecular weight excluding hydrogens is 396 g/mol. The van der Waals surface area contributed by atoms with Crippen LogP contribution in [-0.2, 0) is 11.3 Å². The zero-order valence-electron chi connectivity index (χ0n) is 18.1. The summed E-state index contributed by atoms with van der Waals surface area (Å²) >= 11 is 1.85. The number of nitrogens with one attached hydrogen (secondary N) is 2. The number of methoxy groups -OCH3 is 1. The molecule has 1 aromatic carbocycles. The standard InChI is InChI=1S/C23H34N4O2S/c1-24-23(26-20-8-3-9-21(15-20)29-13-6-12-28-2)25-16-19-7-4-11-27(17-19)18-22-10-5-14-30-22/h3,5,8-10,14-15,19H,4,6-7,11-13,16-18H2,1-2H3,(H2,24,25,26). The molecule has 1 aromatic heterocycles. The second-order valence-electron chi connectivity index (χ2n) is 7.62. The Morgan fingerprint density at radius 3 is 3.00 bits per heavy atom. The summed E-state index contributed by atoms with van der Waals surface area (Å²) in [6.45, 7) is 5.67. The Balaban J connectivity index is 1.44. The van der Waals surface area contributed by atoms with Crippen LogP contribution in [0.15, 0.2) is 46.8 Å². The molecule has 1 aliphatic heterocycles. The van der Waals surface area contributed by atoms with Crippen molar-refractivity contribution in [2.45, 2.75) is 25.8 Å². The zero-order chi connectivity index (χ0) is 21.0. The van der Waals surface area contributed by atoms with Crippen molar-refractivity contribution in [2.24, 2.45) is 10.9 Å². The first-order valence-electron chi connectivity index (χ1n) is 10.7. The van der Waals surface area contributed by atoms with Crippen LogP contribution in [0.3, 0.4) is 0 Å². The van der Waals surface area contributed by atoms with Crippen molar-refractivity contribution >= 4 is 23.0 Å². The average Bonchev–Trinajstić information content (AvgIpc) is 3.28. The van der Waals surface area contributed by atoms with Gasteiger partial charge in [-0.1, -0.05) is 12.1 Å². The lowest BCUT2D eigenvalue weighted by Crippen LogP contribution is -2.42. The van der Waals surface area contributed by atoms with Gasteiger partial charge < -0.3 is 20.1 Å². The Morgan fingerprint density at radius 1 is 1.27 bits per heavy atom. The molecule has 164 valence electrons. The van der Waals surface area contributed by atoms with Gasteiger partial charge in [0.25, 0.3) is 0 Å². The molecule has 0 bridgehead atoms. The van der Waals surface area contributed by atoms with Crippen molar-refractivity contribution in [3.63, 3.8) is 0 Å². The minimum Gasteiger partial charge on any atom is -0.493 e. The van der Waals surface area contributed by atoms with E-state index >= 15 is 0 Å². The molecule has 1 atom stereocenters. The lowest BCUT2D eigenvalue weighted by Gasteiger charge is -2.32. The molecule has 0 aliphatic carbocycles. The number of hydrogen-bond donors (Lipinski definition) is 2. The molecule has 0 spiro atoms. The van der Waals surface area contributed by atoms with Gasteiger partial charge in [-0.25, -0.2) is 0 Å². The molecule has 0 radical (unpaired) electrons. The first-order valence-corrected chi connectivity index (χ1v) is 11.6. The number of hydrogen-bond acceptors (Lipinski definition) is 5. The Hall–Kier alpha value is -2.09. The van der Waals surface area contributed by atoms with Gasteiger partial charge in [-0.3, -0.25) is 9.89 Å². The second-order valence-corrected chi connectivity index (χ2v) is 8.66. The van der Waals surface area contributed by atoms with Crippen LogP contribution in [-0.4, -0.2) is 57.9 Å².